The standard InChI is InChI=1S/C13H21NO6/c1-13(2,3)20-12(19)14-5-4-8(11(17)18)6-9(14)7-10(15)16/h8-9H,4-7H2,1-3H3,(H,15,16)(H,17,18). The molecule has 1 aliphatic rings. The van der Waals surface area contributed by atoms with Crippen molar-refractivity contribution >= 4 is 18.0 Å². The molecule has 0 aliphatic carbocycles. The lowest BCUT2D eigenvalue weighted by atomic mass is 9.89. The van der Waals surface area contributed by atoms with Gasteiger partial charge in [-0.25, -0.2) is 4.79 Å². The highest BCUT2D eigenvalue weighted by Gasteiger charge is 2.37. The second kappa shape index (κ2) is 6.11. The third-order valence-corrected chi connectivity index (χ3v) is 3.10. The molecule has 7 nitrogen and oxygen atoms in total. The van der Waals surface area contributed by atoms with Crippen LogP contribution in [0.5, 0.6) is 0 Å². The fourth-order valence-corrected chi connectivity index (χ4v) is 2.23. The number of carbonyl (C=O) groups excluding carboxylic acids is 1. The Kier molecular flexibility index (Phi) is 4.97. The monoisotopic (exact) mass is 287 g/mol. The van der Waals surface area contributed by atoms with Crippen LogP contribution in [0.3, 0.4) is 0 Å². The average Bonchev–Trinajstić information content (AvgIpc) is 2.25. The van der Waals surface area contributed by atoms with Gasteiger partial charge in [0.25, 0.3) is 0 Å². The molecule has 0 aromatic rings. The lowest BCUT2D eigenvalue weighted by molar-refractivity contribution is -0.146. The zero-order valence-corrected chi connectivity index (χ0v) is 12.0. The van der Waals surface area contributed by atoms with E-state index in [0.29, 0.717) is 6.42 Å². The summed E-state index contributed by atoms with van der Waals surface area (Å²) >= 11 is 0. The van der Waals surface area contributed by atoms with E-state index in [-0.39, 0.29) is 19.4 Å². The second-order valence-electron chi connectivity index (χ2n) is 5.98. The lowest BCUT2D eigenvalue weighted by Gasteiger charge is -2.38. The highest BCUT2D eigenvalue weighted by Crippen LogP contribution is 2.27. The minimum absolute atomic E-state index is 0.140. The van der Waals surface area contributed by atoms with Crippen molar-refractivity contribution in [1.82, 2.24) is 4.90 Å². The zero-order chi connectivity index (χ0) is 15.5. The fraction of sp³-hybridized carbons (Fsp3) is 0.769. The van der Waals surface area contributed by atoms with E-state index in [9.17, 15) is 14.4 Å². The lowest BCUT2D eigenvalue weighted by Crippen LogP contribution is -2.49. The first-order valence-corrected chi connectivity index (χ1v) is 6.54. The van der Waals surface area contributed by atoms with Crippen molar-refractivity contribution in [3.8, 4) is 0 Å². The van der Waals surface area contributed by atoms with Crippen LogP contribution in [0.4, 0.5) is 4.79 Å². The van der Waals surface area contributed by atoms with Crippen molar-refractivity contribution in [3.05, 3.63) is 0 Å². The zero-order valence-electron chi connectivity index (χ0n) is 12.0. The van der Waals surface area contributed by atoms with E-state index in [0.717, 1.165) is 0 Å². The highest BCUT2D eigenvalue weighted by molar-refractivity contribution is 5.74. The Bertz CT molecular complexity index is 400. The molecule has 0 aromatic heterocycles. The van der Waals surface area contributed by atoms with E-state index in [1.165, 1.54) is 4.90 Å². The van der Waals surface area contributed by atoms with Crippen molar-refractivity contribution < 1.29 is 29.3 Å². The molecule has 1 saturated heterocycles. The molecule has 2 unspecified atom stereocenters. The van der Waals surface area contributed by atoms with Gasteiger partial charge < -0.3 is 19.8 Å². The number of likely N-dealkylation sites (tertiary alicyclic amines) is 1. The second-order valence-corrected chi connectivity index (χ2v) is 5.98. The van der Waals surface area contributed by atoms with Gasteiger partial charge in [0.15, 0.2) is 0 Å². The molecule has 114 valence electrons. The number of aliphatic carboxylic acids is 2. The van der Waals surface area contributed by atoms with Gasteiger partial charge in [0.2, 0.25) is 0 Å². The van der Waals surface area contributed by atoms with Gasteiger partial charge in [0, 0.05) is 12.6 Å². The summed E-state index contributed by atoms with van der Waals surface area (Å²) in [7, 11) is 0. The molecule has 2 N–H and O–H groups in total. The molecule has 0 saturated carbocycles. The summed E-state index contributed by atoms with van der Waals surface area (Å²) in [5.74, 6) is -2.63. The van der Waals surface area contributed by atoms with Gasteiger partial charge in [-0.2, -0.15) is 0 Å². The van der Waals surface area contributed by atoms with E-state index < -0.39 is 35.6 Å². The maximum absolute atomic E-state index is 12.0. The summed E-state index contributed by atoms with van der Waals surface area (Å²) < 4.78 is 5.23. The Morgan fingerprint density at radius 1 is 1.25 bits per heavy atom. The third-order valence-electron chi connectivity index (χ3n) is 3.10. The van der Waals surface area contributed by atoms with Crippen LogP contribution in [0.15, 0.2) is 0 Å². The van der Waals surface area contributed by atoms with Gasteiger partial charge in [-0.15, -0.1) is 0 Å². The minimum Gasteiger partial charge on any atom is -0.481 e. The van der Waals surface area contributed by atoms with Crippen LogP contribution in [0.25, 0.3) is 0 Å². The topological polar surface area (TPSA) is 104 Å². The molecule has 1 aliphatic heterocycles. The summed E-state index contributed by atoms with van der Waals surface area (Å²) in [5.41, 5.74) is -0.672. The highest BCUT2D eigenvalue weighted by atomic mass is 16.6. The summed E-state index contributed by atoms with van der Waals surface area (Å²) in [5, 5.41) is 17.9. The van der Waals surface area contributed by atoms with E-state index in [4.69, 9.17) is 14.9 Å². The molecule has 2 atom stereocenters. The molecule has 1 rings (SSSR count). The predicted octanol–water partition coefficient (Wildman–Crippen LogP) is 1.56. The van der Waals surface area contributed by atoms with Crippen LogP contribution >= 0.6 is 0 Å². The van der Waals surface area contributed by atoms with Crippen molar-refractivity contribution in [2.24, 2.45) is 5.92 Å². The fourth-order valence-electron chi connectivity index (χ4n) is 2.23. The maximum Gasteiger partial charge on any atom is 0.410 e. The van der Waals surface area contributed by atoms with Crippen molar-refractivity contribution in [2.45, 2.75) is 51.7 Å². The average molecular weight is 287 g/mol. The van der Waals surface area contributed by atoms with Crippen molar-refractivity contribution in [2.75, 3.05) is 6.54 Å². The van der Waals surface area contributed by atoms with Crippen molar-refractivity contribution in [3.63, 3.8) is 0 Å². The number of carboxylic acids is 2. The van der Waals surface area contributed by atoms with Crippen LogP contribution in [-0.2, 0) is 14.3 Å². The molecule has 7 heteroatoms. The number of piperidine rings is 1. The Hall–Kier alpha value is -1.79. The molecule has 1 amide bonds. The van der Waals surface area contributed by atoms with E-state index in [1.807, 2.05) is 0 Å². The van der Waals surface area contributed by atoms with E-state index >= 15 is 0 Å². The molecule has 0 spiro atoms. The van der Waals surface area contributed by atoms with Crippen molar-refractivity contribution in [1.29, 1.82) is 0 Å². The number of ether oxygens (including phenoxy) is 1. The minimum atomic E-state index is -1.06. The number of nitrogens with zero attached hydrogens (tertiary/aromatic N) is 1. The van der Waals surface area contributed by atoms with E-state index in [1.54, 1.807) is 20.8 Å². The van der Waals surface area contributed by atoms with Crippen LogP contribution in [0, 0.1) is 5.92 Å². The summed E-state index contributed by atoms with van der Waals surface area (Å²) in [6.45, 7) is 5.37. The van der Waals surface area contributed by atoms with Gasteiger partial charge >= 0.3 is 18.0 Å². The molecule has 0 bridgehead atoms. The first-order valence-electron chi connectivity index (χ1n) is 6.54. The van der Waals surface area contributed by atoms with Gasteiger partial charge in [-0.3, -0.25) is 9.59 Å². The van der Waals surface area contributed by atoms with Crippen LogP contribution in [0.1, 0.15) is 40.0 Å². The van der Waals surface area contributed by atoms with Crippen LogP contribution in [0.2, 0.25) is 0 Å². The SMILES string of the molecule is CC(C)(C)OC(=O)N1CCC(C(=O)O)CC1CC(=O)O. The first-order chi connectivity index (χ1) is 9.10. The Morgan fingerprint density at radius 3 is 2.30 bits per heavy atom. The molecule has 20 heavy (non-hydrogen) atoms. The van der Waals surface area contributed by atoms with Crippen LogP contribution < -0.4 is 0 Å². The first kappa shape index (κ1) is 16.3. The Morgan fingerprint density at radius 2 is 1.85 bits per heavy atom. The maximum atomic E-state index is 12.0. The molecule has 1 fully saturated rings. The number of amides is 1. The number of hydrogen-bond acceptors (Lipinski definition) is 4. The molecule has 0 radical (unpaired) electrons. The number of carboxylic acid groups (broad SMARTS) is 2. The summed E-state index contributed by atoms with van der Waals surface area (Å²) in [4.78, 5) is 35.3. The van der Waals surface area contributed by atoms with Gasteiger partial charge in [0.05, 0.1) is 12.3 Å². The molecule has 0 aromatic carbocycles. The normalized spacial score (nSPS) is 23.2. The largest absolute Gasteiger partial charge is 0.481 e. The predicted molar refractivity (Wildman–Crippen MR) is 69.3 cm³/mol. The van der Waals surface area contributed by atoms with Gasteiger partial charge in [0.1, 0.15) is 5.60 Å². The Labute approximate surface area is 117 Å². The molecular weight excluding hydrogens is 266 g/mol. The van der Waals surface area contributed by atoms with Gasteiger partial charge in [-0.1, -0.05) is 0 Å². The number of rotatable bonds is 3. The Balaban J connectivity index is 2.79. The van der Waals surface area contributed by atoms with Gasteiger partial charge in [-0.05, 0) is 33.6 Å². The number of carbonyl (C=O) groups is 3. The number of hydrogen-bond donors (Lipinski definition) is 2. The smallest absolute Gasteiger partial charge is 0.410 e. The molecule has 1 heterocycles. The summed E-state index contributed by atoms with van der Waals surface area (Å²) in [6.07, 6.45) is -0.415. The van der Waals surface area contributed by atoms with E-state index in [2.05, 4.69) is 0 Å². The quantitative estimate of drug-likeness (QED) is 0.816. The summed E-state index contributed by atoms with van der Waals surface area (Å²) in [6, 6.07) is -0.641. The van der Waals surface area contributed by atoms with Crippen LogP contribution in [-0.4, -0.2) is 51.3 Å². The third kappa shape index (κ3) is 4.71. The molecular formula is C13H21NO6.